The van der Waals surface area contributed by atoms with Crippen molar-refractivity contribution >= 4 is 5.78 Å². The Balaban J connectivity index is 2.02. The van der Waals surface area contributed by atoms with E-state index in [1.54, 1.807) is 12.1 Å². The van der Waals surface area contributed by atoms with Crippen LogP contribution in [0.5, 0.6) is 23.0 Å². The topological polar surface area (TPSA) is 76.0 Å². The van der Waals surface area contributed by atoms with Gasteiger partial charge in [0, 0.05) is 18.9 Å². The highest BCUT2D eigenvalue weighted by molar-refractivity contribution is 5.90. The number of aliphatic hydroxyl groups is 1. The molecule has 2 aromatic rings. The van der Waals surface area contributed by atoms with Crippen LogP contribution in [0.2, 0.25) is 0 Å². The first-order valence-electron chi connectivity index (χ1n) is 8.14. The molecule has 0 spiro atoms. The number of carbonyl (C=O) groups is 1. The minimum Gasteiger partial charge on any atom is -0.512 e. The summed E-state index contributed by atoms with van der Waals surface area (Å²) in [6.45, 7) is 0. The fourth-order valence-electron chi connectivity index (χ4n) is 2.79. The number of aliphatic hydroxyl groups excluding tert-OH is 1. The van der Waals surface area contributed by atoms with Gasteiger partial charge in [0.2, 0.25) is 5.75 Å². The van der Waals surface area contributed by atoms with Crippen LogP contribution in [0.15, 0.2) is 48.2 Å². The lowest BCUT2D eigenvalue weighted by Gasteiger charge is -2.14. The number of carbonyl (C=O) groups excluding carboxylic acids is 1. The second kappa shape index (κ2) is 7.30. The molecule has 2 aromatic carbocycles. The Morgan fingerprint density at radius 2 is 1.68 bits per heavy atom. The van der Waals surface area contributed by atoms with E-state index in [1.165, 1.54) is 13.2 Å². The molecule has 0 aliphatic carbocycles. The molecule has 0 amide bonds. The van der Waals surface area contributed by atoms with Crippen molar-refractivity contribution in [3.8, 4) is 23.0 Å². The monoisotopic (exact) mass is 340 g/mol. The van der Waals surface area contributed by atoms with E-state index in [2.05, 4.69) is 0 Å². The van der Waals surface area contributed by atoms with Gasteiger partial charge in [0.25, 0.3) is 0 Å². The molecule has 130 valence electrons. The molecule has 0 atom stereocenters. The number of fused-ring (bicyclic) bond motifs is 7. The molecule has 0 saturated carbocycles. The number of aryl methyl sites for hydroxylation is 2. The second-order valence-electron chi connectivity index (χ2n) is 5.99. The molecule has 0 saturated heterocycles. The molecular formula is C20H20O5. The van der Waals surface area contributed by atoms with Crippen molar-refractivity contribution in [1.82, 2.24) is 0 Å². The van der Waals surface area contributed by atoms with Gasteiger partial charge in [-0.1, -0.05) is 12.1 Å². The number of ether oxygens (including phenoxy) is 2. The maximum Gasteiger partial charge on any atom is 0.203 e. The molecule has 0 aromatic heterocycles. The first-order valence-corrected chi connectivity index (χ1v) is 8.14. The molecule has 4 rings (SSSR count). The molecule has 25 heavy (non-hydrogen) atoms. The third-order valence-electron chi connectivity index (χ3n) is 4.11. The number of benzene rings is 2. The number of methoxy groups -OCH3 is 1. The lowest BCUT2D eigenvalue weighted by Crippen LogP contribution is -1.99. The molecule has 0 radical (unpaired) electrons. The summed E-state index contributed by atoms with van der Waals surface area (Å²) in [5, 5.41) is 20.1. The summed E-state index contributed by atoms with van der Waals surface area (Å²) in [6, 6.07) is 10.7. The van der Waals surface area contributed by atoms with Gasteiger partial charge in [-0.05, 0) is 48.2 Å². The molecular weight excluding hydrogens is 320 g/mol. The van der Waals surface area contributed by atoms with Gasteiger partial charge in [0.15, 0.2) is 17.3 Å². The van der Waals surface area contributed by atoms with E-state index in [1.807, 2.05) is 24.3 Å². The van der Waals surface area contributed by atoms with Crippen LogP contribution in [0.25, 0.3) is 0 Å². The quantitative estimate of drug-likeness (QED) is 0.818. The van der Waals surface area contributed by atoms with Crippen LogP contribution >= 0.6 is 0 Å². The van der Waals surface area contributed by atoms with Crippen LogP contribution < -0.4 is 9.47 Å². The second-order valence-corrected chi connectivity index (χ2v) is 5.99. The predicted octanol–water partition coefficient (Wildman–Crippen LogP) is 4.08. The number of rotatable bonds is 1. The number of hydrogen-bond acceptors (Lipinski definition) is 5. The summed E-state index contributed by atoms with van der Waals surface area (Å²) in [4.78, 5) is 11.9. The lowest BCUT2D eigenvalue weighted by atomic mass is 10.1. The van der Waals surface area contributed by atoms with E-state index >= 15 is 0 Å². The fraction of sp³-hybridized carbons (Fsp3) is 0.250. The molecule has 2 N–H and O–H groups in total. The Morgan fingerprint density at radius 3 is 2.40 bits per heavy atom. The van der Waals surface area contributed by atoms with Gasteiger partial charge in [0.1, 0.15) is 5.75 Å². The van der Waals surface area contributed by atoms with Crippen LogP contribution in [0.4, 0.5) is 0 Å². The van der Waals surface area contributed by atoms with Crippen LogP contribution in [0, 0.1) is 0 Å². The number of hydrogen-bond donors (Lipinski definition) is 2. The smallest absolute Gasteiger partial charge is 0.203 e. The van der Waals surface area contributed by atoms with Crippen LogP contribution in [-0.2, 0) is 17.6 Å². The molecule has 2 heterocycles. The summed E-state index contributed by atoms with van der Waals surface area (Å²) >= 11 is 0. The Kier molecular flexibility index (Phi) is 4.93. The van der Waals surface area contributed by atoms with Crippen LogP contribution in [-0.4, -0.2) is 23.1 Å². The van der Waals surface area contributed by atoms with Crippen molar-refractivity contribution < 1.29 is 24.5 Å². The van der Waals surface area contributed by atoms with Crippen molar-refractivity contribution in [2.24, 2.45) is 0 Å². The summed E-state index contributed by atoms with van der Waals surface area (Å²) < 4.78 is 11.1. The molecule has 5 nitrogen and oxygen atoms in total. The summed E-state index contributed by atoms with van der Waals surface area (Å²) in [6.07, 6.45) is 2.99. The highest BCUT2D eigenvalue weighted by Crippen LogP contribution is 2.40. The third kappa shape index (κ3) is 4.12. The van der Waals surface area contributed by atoms with E-state index in [0.717, 1.165) is 11.1 Å². The van der Waals surface area contributed by atoms with E-state index in [9.17, 15) is 15.0 Å². The number of ketones is 1. The number of phenolic OH excluding ortho intramolecular Hbond substituents is 1. The average molecular weight is 340 g/mol. The largest absolute Gasteiger partial charge is 0.512 e. The van der Waals surface area contributed by atoms with Gasteiger partial charge in [-0.2, -0.15) is 0 Å². The molecule has 4 bridgehead atoms. The van der Waals surface area contributed by atoms with Crippen molar-refractivity contribution in [1.29, 1.82) is 0 Å². The van der Waals surface area contributed by atoms with Gasteiger partial charge in [0.05, 0.1) is 12.9 Å². The molecule has 2 aliphatic heterocycles. The maximum absolute atomic E-state index is 11.9. The Labute approximate surface area is 146 Å². The van der Waals surface area contributed by atoms with Gasteiger partial charge >= 0.3 is 0 Å². The lowest BCUT2D eigenvalue weighted by molar-refractivity contribution is -0.114. The Hall–Kier alpha value is -2.95. The SMILES string of the molecule is COc1c(O)cc2cc1Oc1ccc(cc1)CCC(=O)/C=C(\O)CC2. The molecule has 0 unspecified atom stereocenters. The van der Waals surface area contributed by atoms with Gasteiger partial charge in [-0.25, -0.2) is 0 Å². The highest BCUT2D eigenvalue weighted by atomic mass is 16.5. The number of aromatic hydroxyl groups is 1. The molecule has 0 fully saturated rings. The van der Waals surface area contributed by atoms with Gasteiger partial charge in [-0.3, -0.25) is 4.79 Å². The van der Waals surface area contributed by atoms with Crippen molar-refractivity contribution in [2.75, 3.05) is 7.11 Å². The standard InChI is InChI=1S/C20H20O5/c1-24-20-18(23)10-14-3-7-16(22)12-15(21)6-2-13-4-8-17(9-5-13)25-19(20)11-14/h4-5,8-12,22-23H,2-3,6-7H2,1H3/b16-12-. The average Bonchev–Trinajstić information content (AvgIpc) is 2.59. The fourth-order valence-corrected chi connectivity index (χ4v) is 2.79. The molecule has 5 heteroatoms. The van der Waals surface area contributed by atoms with Crippen molar-refractivity contribution in [3.05, 3.63) is 59.4 Å². The van der Waals surface area contributed by atoms with Gasteiger partial charge < -0.3 is 19.7 Å². The number of allylic oxidation sites excluding steroid dienone is 2. The highest BCUT2D eigenvalue weighted by Gasteiger charge is 2.14. The summed E-state index contributed by atoms with van der Waals surface area (Å²) in [5.74, 6) is 1.17. The zero-order valence-electron chi connectivity index (χ0n) is 14.0. The van der Waals surface area contributed by atoms with E-state index in [4.69, 9.17) is 9.47 Å². The zero-order chi connectivity index (χ0) is 17.8. The van der Waals surface area contributed by atoms with Crippen LogP contribution in [0.1, 0.15) is 24.0 Å². The third-order valence-corrected chi connectivity index (χ3v) is 4.11. The van der Waals surface area contributed by atoms with Crippen LogP contribution in [0.3, 0.4) is 0 Å². The van der Waals surface area contributed by atoms with Gasteiger partial charge in [-0.15, -0.1) is 0 Å². The Morgan fingerprint density at radius 1 is 0.960 bits per heavy atom. The van der Waals surface area contributed by atoms with Crippen molar-refractivity contribution in [3.63, 3.8) is 0 Å². The first-order chi connectivity index (χ1) is 12.0. The maximum atomic E-state index is 11.9. The number of phenols is 1. The van der Waals surface area contributed by atoms with E-state index in [-0.39, 0.29) is 23.0 Å². The minimum absolute atomic E-state index is 0.0320. The van der Waals surface area contributed by atoms with E-state index in [0.29, 0.717) is 37.2 Å². The zero-order valence-corrected chi connectivity index (χ0v) is 14.0. The van der Waals surface area contributed by atoms with Crippen molar-refractivity contribution in [2.45, 2.75) is 25.7 Å². The van der Waals surface area contributed by atoms with E-state index < -0.39 is 0 Å². The first kappa shape index (κ1) is 16.9. The summed E-state index contributed by atoms with van der Waals surface area (Å²) in [7, 11) is 1.47. The predicted molar refractivity (Wildman–Crippen MR) is 93.5 cm³/mol. The Bertz CT molecular complexity index is 806. The normalized spacial score (nSPS) is 17.0. The minimum atomic E-state index is -0.106. The summed E-state index contributed by atoms with van der Waals surface area (Å²) in [5.41, 5.74) is 1.78. The molecule has 2 aliphatic rings.